The largest absolute Gasteiger partial charge is 0.463 e. The molecule has 25 heteroatoms. The molecule has 3 saturated heterocycles. The molecule has 2 N–H and O–H groups in total. The third-order valence-electron chi connectivity index (χ3n) is 9.04. The number of amides is 2. The zero-order valence-electron chi connectivity index (χ0n) is 36.5. The van der Waals surface area contributed by atoms with Crippen LogP contribution in [0.4, 0.5) is 0 Å². The van der Waals surface area contributed by atoms with Crippen molar-refractivity contribution >= 4 is 59.6 Å². The van der Waals surface area contributed by atoms with Crippen molar-refractivity contribution < 1.29 is 110 Å². The van der Waals surface area contributed by atoms with Crippen molar-refractivity contribution in [1.29, 1.82) is 0 Å². The number of ether oxygens (including phenoxy) is 13. The number of rotatable bonds is 16. The van der Waals surface area contributed by atoms with Gasteiger partial charge in [0.2, 0.25) is 18.1 Å². The normalized spacial score (nSPS) is 32.6. The number of hydrogen-bond acceptors (Lipinski definition) is 23. The fourth-order valence-electron chi connectivity index (χ4n) is 7.01. The Balaban J connectivity index is 2.35. The lowest BCUT2D eigenvalue weighted by Gasteiger charge is -2.51. The minimum atomic E-state index is -1.86. The molecule has 0 aromatic carbocycles. The lowest BCUT2D eigenvalue weighted by atomic mass is 9.93. The van der Waals surface area contributed by atoms with Crippen LogP contribution in [0.25, 0.3) is 0 Å². The van der Waals surface area contributed by atoms with Gasteiger partial charge in [0.1, 0.15) is 49.7 Å². The molecule has 0 radical (unpaired) electrons. The summed E-state index contributed by atoms with van der Waals surface area (Å²) in [4.78, 5) is 125. The zero-order valence-corrected chi connectivity index (χ0v) is 36.5. The van der Waals surface area contributed by atoms with Gasteiger partial charge in [-0.25, -0.2) is 0 Å². The number of carbonyl (C=O) groups excluding carboxylic acids is 10. The average Bonchev–Trinajstić information content (AvgIpc) is 3.12. The molecule has 0 bridgehead atoms. The van der Waals surface area contributed by atoms with E-state index in [1.54, 1.807) is 0 Å². The highest BCUT2D eigenvalue weighted by molar-refractivity contribution is 5.74. The van der Waals surface area contributed by atoms with Crippen LogP contribution in [-0.2, 0) is 110 Å². The van der Waals surface area contributed by atoms with E-state index in [1.807, 2.05) is 0 Å². The second-order valence-corrected chi connectivity index (χ2v) is 14.5. The Labute approximate surface area is 360 Å². The predicted molar refractivity (Wildman–Crippen MR) is 199 cm³/mol. The highest BCUT2D eigenvalue weighted by atomic mass is 16.8. The standard InChI is InChI=1S/C38H54N2O23/c1-14-29(54-19(6)45)34(57-22(9)48)35(58-23(10)49)38(53-14)63-33-28(40-16(3)42)36(59-24(11)50)60-26(13-52-18(5)44)31(33)62-37-27(39-15(2)41)32(56-21(8)47)30(55-20(7)46)25(61-37)12-51-17(4)43/h14,25-38H,12-13H2,1-11H3,(H,39,41)(H,40,42)/t14-,25+,26+,27+,28+,29+,30+,31+,32+,33+,34+,35-,36+,37-,38-/m0/s1. The molecule has 63 heavy (non-hydrogen) atoms. The van der Waals surface area contributed by atoms with E-state index < -0.39 is 165 Å². The van der Waals surface area contributed by atoms with Gasteiger partial charge in [-0.3, -0.25) is 47.9 Å². The van der Waals surface area contributed by atoms with Crippen LogP contribution in [0.2, 0.25) is 0 Å². The van der Waals surface area contributed by atoms with E-state index in [9.17, 15) is 47.9 Å². The Kier molecular flexibility index (Phi) is 19.1. The van der Waals surface area contributed by atoms with Crippen LogP contribution in [0, 0.1) is 0 Å². The Morgan fingerprint density at radius 1 is 0.381 bits per heavy atom. The summed E-state index contributed by atoms with van der Waals surface area (Å²) in [6.45, 7) is 10.5. The third kappa shape index (κ3) is 15.4. The summed E-state index contributed by atoms with van der Waals surface area (Å²) >= 11 is 0. The Hall–Kier alpha value is -5.50. The Morgan fingerprint density at radius 3 is 1.22 bits per heavy atom. The summed E-state index contributed by atoms with van der Waals surface area (Å²) in [7, 11) is 0. The number of esters is 8. The molecule has 3 aliphatic heterocycles. The summed E-state index contributed by atoms with van der Waals surface area (Å²) in [6, 6.07) is -3.22. The number of carbonyl (C=O) groups is 10. The summed E-state index contributed by atoms with van der Waals surface area (Å²) in [5, 5.41) is 5.10. The molecular formula is C38H54N2O23. The summed E-state index contributed by atoms with van der Waals surface area (Å²) < 4.78 is 75.0. The minimum absolute atomic E-state index is 0.641. The van der Waals surface area contributed by atoms with Crippen LogP contribution in [0.1, 0.15) is 76.2 Å². The predicted octanol–water partition coefficient (Wildman–Crippen LogP) is -1.69. The van der Waals surface area contributed by atoms with Crippen molar-refractivity contribution in [3.63, 3.8) is 0 Å². The topological polar surface area (TPSA) is 315 Å². The van der Waals surface area contributed by atoms with E-state index >= 15 is 0 Å². The third-order valence-corrected chi connectivity index (χ3v) is 9.04. The average molecular weight is 907 g/mol. The monoisotopic (exact) mass is 906 g/mol. The second-order valence-electron chi connectivity index (χ2n) is 14.5. The van der Waals surface area contributed by atoms with E-state index in [2.05, 4.69) is 10.6 Å². The zero-order chi connectivity index (χ0) is 47.5. The van der Waals surface area contributed by atoms with Crippen LogP contribution in [-0.4, -0.2) is 165 Å². The van der Waals surface area contributed by atoms with Crippen LogP contribution in [0.3, 0.4) is 0 Å². The first-order valence-corrected chi connectivity index (χ1v) is 19.5. The summed E-state index contributed by atoms with van der Waals surface area (Å²) in [5.41, 5.74) is 0. The van der Waals surface area contributed by atoms with Gasteiger partial charge in [-0.05, 0) is 6.92 Å². The highest BCUT2D eigenvalue weighted by Gasteiger charge is 2.59. The molecule has 0 aromatic heterocycles. The first-order valence-electron chi connectivity index (χ1n) is 19.5. The number of hydrogen-bond donors (Lipinski definition) is 2. The second kappa shape index (κ2) is 23.3. The lowest BCUT2D eigenvalue weighted by Crippen LogP contribution is -2.71. The Morgan fingerprint density at radius 2 is 0.762 bits per heavy atom. The fraction of sp³-hybridized carbons (Fsp3) is 0.737. The van der Waals surface area contributed by atoms with Crippen molar-refractivity contribution in [3.05, 3.63) is 0 Å². The summed E-state index contributed by atoms with van der Waals surface area (Å²) in [6.07, 6.45) is -21.2. The summed E-state index contributed by atoms with van der Waals surface area (Å²) in [5.74, 6) is -8.61. The van der Waals surface area contributed by atoms with E-state index in [0.717, 1.165) is 69.2 Å². The van der Waals surface area contributed by atoms with Crippen molar-refractivity contribution in [1.82, 2.24) is 10.6 Å². The fourth-order valence-corrected chi connectivity index (χ4v) is 7.01. The maximum absolute atomic E-state index is 12.9. The smallest absolute Gasteiger partial charge is 0.305 e. The molecule has 0 unspecified atom stereocenters. The molecule has 25 nitrogen and oxygen atoms in total. The molecule has 3 fully saturated rings. The lowest BCUT2D eigenvalue weighted by molar-refractivity contribution is -0.363. The van der Waals surface area contributed by atoms with Gasteiger partial charge in [0.05, 0.1) is 6.10 Å². The molecule has 3 rings (SSSR count). The van der Waals surface area contributed by atoms with E-state index in [-0.39, 0.29) is 0 Å². The molecule has 354 valence electrons. The van der Waals surface area contributed by atoms with Gasteiger partial charge in [-0.1, -0.05) is 0 Å². The molecule has 0 spiro atoms. The van der Waals surface area contributed by atoms with Crippen molar-refractivity contribution in [2.75, 3.05) is 13.2 Å². The SMILES string of the molecule is CC(=O)N[C@H]1[C@H](O[C@H]2[C@H](O[C@@H]3O[C@@H](C)[C@@H](OC(C)=O)[C@@H](OC(C)=O)[C@@H]3OC(C)=O)[C@@H](NC(C)=O)[C@H](OC(C)=O)O[C@@H]2COC(C)=O)O[C@H](COC(C)=O)[C@@H](OC(C)=O)[C@@H]1OC(C)=O. The van der Waals surface area contributed by atoms with Gasteiger partial charge in [0, 0.05) is 69.2 Å². The van der Waals surface area contributed by atoms with Gasteiger partial charge in [-0.15, -0.1) is 0 Å². The molecule has 0 saturated carbocycles. The van der Waals surface area contributed by atoms with Crippen LogP contribution >= 0.6 is 0 Å². The van der Waals surface area contributed by atoms with Gasteiger partial charge >= 0.3 is 47.8 Å². The van der Waals surface area contributed by atoms with E-state index in [4.69, 9.17) is 61.6 Å². The van der Waals surface area contributed by atoms with E-state index in [0.29, 0.717) is 0 Å². The maximum atomic E-state index is 12.9. The highest BCUT2D eigenvalue weighted by Crippen LogP contribution is 2.37. The quantitative estimate of drug-likeness (QED) is 0.129. The van der Waals surface area contributed by atoms with Crippen LogP contribution < -0.4 is 10.6 Å². The first-order chi connectivity index (χ1) is 29.4. The molecule has 2 amide bonds. The minimum Gasteiger partial charge on any atom is -0.463 e. The first kappa shape index (κ1) is 51.8. The molecule has 15 atom stereocenters. The molecule has 3 heterocycles. The molecule has 3 aliphatic rings. The van der Waals surface area contributed by atoms with Gasteiger partial charge in [-0.2, -0.15) is 0 Å². The maximum Gasteiger partial charge on any atom is 0.305 e. The molecule has 0 aliphatic carbocycles. The van der Waals surface area contributed by atoms with Crippen molar-refractivity contribution in [3.8, 4) is 0 Å². The molecule has 0 aromatic rings. The Bertz CT molecular complexity index is 1720. The number of nitrogens with one attached hydrogen (secondary N) is 2. The van der Waals surface area contributed by atoms with Gasteiger partial charge in [0.15, 0.2) is 43.1 Å². The van der Waals surface area contributed by atoms with Crippen LogP contribution in [0.15, 0.2) is 0 Å². The molecular weight excluding hydrogens is 852 g/mol. The van der Waals surface area contributed by atoms with Gasteiger partial charge < -0.3 is 72.2 Å². The van der Waals surface area contributed by atoms with Crippen LogP contribution in [0.5, 0.6) is 0 Å². The van der Waals surface area contributed by atoms with Gasteiger partial charge in [0.25, 0.3) is 0 Å². The van der Waals surface area contributed by atoms with Crippen molar-refractivity contribution in [2.24, 2.45) is 0 Å². The van der Waals surface area contributed by atoms with E-state index in [1.165, 1.54) is 6.92 Å². The van der Waals surface area contributed by atoms with Crippen molar-refractivity contribution in [2.45, 2.75) is 168 Å².